The van der Waals surface area contributed by atoms with Gasteiger partial charge < -0.3 is 15.7 Å². The zero-order valence-electron chi connectivity index (χ0n) is 14.1. The summed E-state index contributed by atoms with van der Waals surface area (Å²) in [5.41, 5.74) is 0.423. The molecule has 3 N–H and O–H groups in total. The first kappa shape index (κ1) is 17.7. The van der Waals surface area contributed by atoms with Crippen molar-refractivity contribution in [1.29, 1.82) is 0 Å². The van der Waals surface area contributed by atoms with E-state index in [1.807, 2.05) is 0 Å². The fraction of sp³-hybridized carbons (Fsp3) is 0.500. The van der Waals surface area contributed by atoms with Gasteiger partial charge in [0.15, 0.2) is 0 Å². The molecule has 6 nitrogen and oxygen atoms in total. The smallest absolute Gasteiger partial charge is 0.307 e. The van der Waals surface area contributed by atoms with E-state index in [4.69, 9.17) is 16.7 Å². The average molecular weight is 365 g/mol. The molecule has 0 spiro atoms. The minimum atomic E-state index is -0.961. The van der Waals surface area contributed by atoms with Crippen LogP contribution in [0.2, 0.25) is 5.02 Å². The minimum Gasteiger partial charge on any atom is -0.481 e. The van der Waals surface area contributed by atoms with Gasteiger partial charge in [-0.3, -0.25) is 14.4 Å². The Labute approximate surface area is 150 Å². The van der Waals surface area contributed by atoms with E-state index >= 15 is 0 Å². The zero-order chi connectivity index (χ0) is 18.4. The van der Waals surface area contributed by atoms with Crippen molar-refractivity contribution in [1.82, 2.24) is 0 Å². The highest BCUT2D eigenvalue weighted by atomic mass is 35.5. The molecule has 2 amide bonds. The van der Waals surface area contributed by atoms with Gasteiger partial charge in [0.25, 0.3) is 0 Å². The van der Waals surface area contributed by atoms with Crippen LogP contribution in [0.25, 0.3) is 0 Å². The van der Waals surface area contributed by atoms with E-state index in [1.54, 1.807) is 32.0 Å². The molecule has 2 atom stereocenters. The topological polar surface area (TPSA) is 95.5 Å². The summed E-state index contributed by atoms with van der Waals surface area (Å²) < 4.78 is 0. The second kappa shape index (κ2) is 6.33. The summed E-state index contributed by atoms with van der Waals surface area (Å²) in [6.45, 7) is 3.53. The summed E-state index contributed by atoms with van der Waals surface area (Å²) in [6, 6.07) is 4.84. The highest BCUT2D eigenvalue weighted by Crippen LogP contribution is 2.58. The van der Waals surface area contributed by atoms with E-state index in [0.29, 0.717) is 16.4 Å². The van der Waals surface area contributed by atoms with Crippen molar-refractivity contribution in [2.24, 2.45) is 23.2 Å². The third-order valence-corrected chi connectivity index (χ3v) is 5.66. The largest absolute Gasteiger partial charge is 0.481 e. The first-order valence-corrected chi connectivity index (χ1v) is 8.73. The quantitative estimate of drug-likeness (QED) is 0.746. The van der Waals surface area contributed by atoms with E-state index in [9.17, 15) is 14.4 Å². The van der Waals surface area contributed by atoms with Crippen LogP contribution in [-0.4, -0.2) is 22.9 Å². The summed E-state index contributed by atoms with van der Waals surface area (Å²) in [7, 11) is 0. The minimum absolute atomic E-state index is 0.0334. The number of rotatable bonds is 5. The first-order chi connectivity index (χ1) is 11.7. The summed E-state index contributed by atoms with van der Waals surface area (Å²) in [5.74, 6) is -2.52. The molecule has 0 saturated heterocycles. The maximum atomic E-state index is 12.3. The predicted molar refractivity (Wildman–Crippen MR) is 94.4 cm³/mol. The molecule has 0 heterocycles. The molecular formula is C18H21ClN2O4. The molecular weight excluding hydrogens is 344 g/mol. The molecule has 2 aliphatic carbocycles. The van der Waals surface area contributed by atoms with E-state index in [-0.39, 0.29) is 17.7 Å². The number of carboxylic acid groups (broad SMARTS) is 1. The van der Waals surface area contributed by atoms with Crippen molar-refractivity contribution in [3.63, 3.8) is 0 Å². The Morgan fingerprint density at radius 1 is 1.12 bits per heavy atom. The predicted octanol–water partition coefficient (Wildman–Crippen LogP) is 3.37. The molecule has 1 aromatic rings. The molecule has 0 aliphatic heterocycles. The number of amides is 2. The summed E-state index contributed by atoms with van der Waals surface area (Å²) >= 11 is 6.19. The monoisotopic (exact) mass is 364 g/mol. The number of benzene rings is 1. The highest BCUT2D eigenvalue weighted by molar-refractivity contribution is 6.34. The molecule has 2 saturated carbocycles. The van der Waals surface area contributed by atoms with Gasteiger partial charge in [0, 0.05) is 11.6 Å². The van der Waals surface area contributed by atoms with E-state index in [1.165, 1.54) is 0 Å². The van der Waals surface area contributed by atoms with Gasteiger partial charge in [-0.15, -0.1) is 0 Å². The summed E-state index contributed by atoms with van der Waals surface area (Å²) in [5, 5.41) is 15.0. The Balaban J connectivity index is 1.64. The Morgan fingerprint density at radius 3 is 2.28 bits per heavy atom. The Morgan fingerprint density at radius 2 is 1.80 bits per heavy atom. The molecule has 0 aromatic heterocycles. The van der Waals surface area contributed by atoms with Crippen molar-refractivity contribution < 1.29 is 19.5 Å². The lowest BCUT2D eigenvalue weighted by Gasteiger charge is -2.24. The van der Waals surface area contributed by atoms with Crippen molar-refractivity contribution in [2.45, 2.75) is 33.1 Å². The van der Waals surface area contributed by atoms with Gasteiger partial charge >= 0.3 is 5.97 Å². The number of hydrogen-bond acceptors (Lipinski definition) is 3. The van der Waals surface area contributed by atoms with Crippen LogP contribution in [0.15, 0.2) is 18.2 Å². The molecule has 3 rings (SSSR count). The zero-order valence-corrected chi connectivity index (χ0v) is 14.9. The maximum Gasteiger partial charge on any atom is 0.307 e. The lowest BCUT2D eigenvalue weighted by molar-refractivity contribution is -0.140. The fourth-order valence-corrected chi connectivity index (χ4v) is 3.64. The van der Waals surface area contributed by atoms with Gasteiger partial charge in [-0.1, -0.05) is 31.9 Å². The third-order valence-electron chi connectivity index (χ3n) is 5.35. The van der Waals surface area contributed by atoms with Gasteiger partial charge in [-0.05, 0) is 36.5 Å². The first-order valence-electron chi connectivity index (χ1n) is 8.36. The van der Waals surface area contributed by atoms with Crippen molar-refractivity contribution in [3.05, 3.63) is 23.2 Å². The van der Waals surface area contributed by atoms with Gasteiger partial charge in [-0.2, -0.15) is 0 Å². The third kappa shape index (κ3) is 3.35. The second-order valence-corrected chi connectivity index (χ2v) is 7.82. The number of hydrogen-bond donors (Lipinski definition) is 3. The Kier molecular flexibility index (Phi) is 4.49. The van der Waals surface area contributed by atoms with Gasteiger partial charge in [0.05, 0.1) is 22.5 Å². The molecule has 0 bridgehead atoms. The van der Waals surface area contributed by atoms with Crippen LogP contribution >= 0.6 is 11.6 Å². The Hall–Kier alpha value is -2.08. The molecule has 2 aliphatic rings. The number of carbonyl (C=O) groups excluding carboxylic acids is 2. The highest BCUT2D eigenvalue weighted by Gasteiger charge is 2.65. The van der Waals surface area contributed by atoms with E-state index in [0.717, 1.165) is 19.3 Å². The normalized spacial score (nSPS) is 24.1. The molecule has 7 heteroatoms. The second-order valence-electron chi connectivity index (χ2n) is 7.42. The lowest BCUT2D eigenvalue weighted by atomic mass is 9.85. The van der Waals surface area contributed by atoms with Crippen molar-refractivity contribution >= 4 is 40.8 Å². The SMILES string of the molecule is CC1(C)[C@H](C(=O)O)[C@@H]1C(=O)Nc1ccc(NC(=O)C2CCC2)c(Cl)c1. The van der Waals surface area contributed by atoms with Crippen LogP contribution in [-0.2, 0) is 14.4 Å². The number of carboxylic acids is 1. The van der Waals surface area contributed by atoms with Crippen molar-refractivity contribution in [2.75, 3.05) is 10.6 Å². The molecule has 134 valence electrons. The Bertz CT molecular complexity index is 743. The van der Waals surface area contributed by atoms with Crippen LogP contribution in [0.3, 0.4) is 0 Å². The van der Waals surface area contributed by atoms with Crippen LogP contribution in [0, 0.1) is 23.2 Å². The number of carbonyl (C=O) groups is 3. The van der Waals surface area contributed by atoms with E-state index in [2.05, 4.69) is 10.6 Å². The van der Waals surface area contributed by atoms with Gasteiger partial charge in [0.2, 0.25) is 11.8 Å². The molecule has 0 radical (unpaired) electrons. The average Bonchev–Trinajstić information content (AvgIpc) is 3.03. The summed E-state index contributed by atoms with van der Waals surface area (Å²) in [6.07, 6.45) is 2.88. The van der Waals surface area contributed by atoms with Crippen LogP contribution in [0.5, 0.6) is 0 Å². The standard InChI is InChI=1S/C18H21ClN2O4/c1-18(2)13(14(18)17(24)25)16(23)20-10-6-7-12(11(19)8-10)21-15(22)9-4-3-5-9/h6-9,13-14H,3-5H2,1-2H3,(H,20,23)(H,21,22)(H,24,25)/t13-,14+/m1/s1. The van der Waals surface area contributed by atoms with Crippen molar-refractivity contribution in [3.8, 4) is 0 Å². The molecule has 2 fully saturated rings. The van der Waals surface area contributed by atoms with Crippen LogP contribution in [0.1, 0.15) is 33.1 Å². The van der Waals surface area contributed by atoms with Gasteiger partial charge in [0.1, 0.15) is 0 Å². The van der Waals surface area contributed by atoms with Crippen LogP contribution in [0.4, 0.5) is 11.4 Å². The molecule has 25 heavy (non-hydrogen) atoms. The number of anilines is 2. The summed E-state index contributed by atoms with van der Waals surface area (Å²) in [4.78, 5) is 35.5. The number of halogens is 1. The maximum absolute atomic E-state index is 12.3. The fourth-order valence-electron chi connectivity index (χ4n) is 3.41. The molecule has 0 unspecified atom stereocenters. The van der Waals surface area contributed by atoms with Gasteiger partial charge in [-0.25, -0.2) is 0 Å². The molecule has 1 aromatic carbocycles. The number of aliphatic carboxylic acids is 1. The van der Waals surface area contributed by atoms with Crippen LogP contribution < -0.4 is 10.6 Å². The van der Waals surface area contributed by atoms with E-state index < -0.39 is 23.2 Å². The number of nitrogens with one attached hydrogen (secondary N) is 2. The lowest BCUT2D eigenvalue weighted by Crippen LogP contribution is -2.28.